The van der Waals surface area contributed by atoms with Crippen molar-refractivity contribution in [3.63, 3.8) is 0 Å². The van der Waals surface area contributed by atoms with Gasteiger partial charge < -0.3 is 11.5 Å². The fourth-order valence-electron chi connectivity index (χ4n) is 2.95. The number of nitrogens with two attached hydrogens (primary N) is 2. The first-order valence-corrected chi connectivity index (χ1v) is 7.22. The van der Waals surface area contributed by atoms with E-state index in [1.807, 2.05) is 0 Å². The number of carbonyl (C=O) groups excluding carboxylic acids is 5. The van der Waals surface area contributed by atoms with Gasteiger partial charge in [0.15, 0.2) is 0 Å². The van der Waals surface area contributed by atoms with Crippen LogP contribution in [0.25, 0.3) is 0 Å². The summed E-state index contributed by atoms with van der Waals surface area (Å²) in [7, 11) is 0. The normalized spacial score (nSPS) is 21.5. The minimum Gasteiger partial charge on any atom is -0.368 e. The Balaban J connectivity index is 2.03. The van der Waals surface area contributed by atoms with Crippen molar-refractivity contribution in [1.82, 2.24) is 10.2 Å². The molecule has 2 unspecified atom stereocenters. The standard InChI is InChI=1S/C15H14N4O5/c16-11(12(17)21)6-2-1-3-7-10(6)15(24)19(14(7)23)8-4-5-9(20)18-13(8)22/h1-3,8,11H,4-5,16H2,(H2,17,21)(H,18,20,22). The van der Waals surface area contributed by atoms with Crippen molar-refractivity contribution in [3.05, 3.63) is 34.9 Å². The van der Waals surface area contributed by atoms with Crippen LogP contribution in [0.15, 0.2) is 18.2 Å². The first kappa shape index (κ1) is 15.8. The van der Waals surface area contributed by atoms with E-state index in [-0.39, 0.29) is 29.5 Å². The van der Waals surface area contributed by atoms with Gasteiger partial charge in [-0.1, -0.05) is 12.1 Å². The van der Waals surface area contributed by atoms with E-state index in [2.05, 4.69) is 5.32 Å². The Hall–Kier alpha value is -3.07. The molecule has 2 aliphatic heterocycles. The van der Waals surface area contributed by atoms with Gasteiger partial charge >= 0.3 is 0 Å². The lowest BCUT2D eigenvalue weighted by atomic mass is 9.97. The largest absolute Gasteiger partial charge is 0.368 e. The summed E-state index contributed by atoms with van der Waals surface area (Å²) in [4.78, 5) is 60.7. The molecule has 0 bridgehead atoms. The lowest BCUT2D eigenvalue weighted by molar-refractivity contribution is -0.136. The summed E-state index contributed by atoms with van der Waals surface area (Å²) in [6.45, 7) is 0. The van der Waals surface area contributed by atoms with Crippen molar-refractivity contribution in [2.75, 3.05) is 0 Å². The Morgan fingerprint density at radius 3 is 2.54 bits per heavy atom. The number of hydrogen-bond donors (Lipinski definition) is 3. The SMILES string of the molecule is NC(=O)C(N)c1cccc2c1C(=O)N(C1CCC(=O)NC1=O)C2=O. The quantitative estimate of drug-likeness (QED) is 0.578. The Labute approximate surface area is 136 Å². The molecule has 5 amide bonds. The Bertz CT molecular complexity index is 803. The van der Waals surface area contributed by atoms with Crippen LogP contribution in [0.3, 0.4) is 0 Å². The molecule has 0 radical (unpaired) electrons. The smallest absolute Gasteiger partial charge is 0.262 e. The molecule has 124 valence electrons. The number of fused-ring (bicyclic) bond motifs is 1. The topological polar surface area (TPSA) is 153 Å². The molecule has 1 fully saturated rings. The van der Waals surface area contributed by atoms with Crippen LogP contribution in [0.1, 0.15) is 45.2 Å². The van der Waals surface area contributed by atoms with Crippen molar-refractivity contribution in [1.29, 1.82) is 0 Å². The van der Waals surface area contributed by atoms with Crippen molar-refractivity contribution < 1.29 is 24.0 Å². The maximum absolute atomic E-state index is 12.7. The number of primary amides is 1. The van der Waals surface area contributed by atoms with Crippen LogP contribution in [0, 0.1) is 0 Å². The second-order valence-electron chi connectivity index (χ2n) is 5.60. The van der Waals surface area contributed by atoms with Gasteiger partial charge in [-0.2, -0.15) is 0 Å². The fraction of sp³-hybridized carbons (Fsp3) is 0.267. The lowest BCUT2D eigenvalue weighted by Crippen LogP contribution is -2.54. The highest BCUT2D eigenvalue weighted by molar-refractivity contribution is 6.24. The molecule has 0 saturated carbocycles. The second-order valence-corrected chi connectivity index (χ2v) is 5.60. The summed E-state index contributed by atoms with van der Waals surface area (Å²) in [5.74, 6) is -3.39. The number of nitrogens with one attached hydrogen (secondary N) is 1. The van der Waals surface area contributed by atoms with E-state index in [9.17, 15) is 24.0 Å². The maximum Gasteiger partial charge on any atom is 0.262 e. The van der Waals surface area contributed by atoms with Crippen LogP contribution in [-0.2, 0) is 14.4 Å². The zero-order chi connectivity index (χ0) is 17.6. The molecule has 3 rings (SSSR count). The fourth-order valence-corrected chi connectivity index (χ4v) is 2.95. The second kappa shape index (κ2) is 5.53. The van der Waals surface area contributed by atoms with E-state index in [1.165, 1.54) is 18.2 Å². The van der Waals surface area contributed by atoms with E-state index >= 15 is 0 Å². The third-order valence-corrected chi connectivity index (χ3v) is 4.14. The van der Waals surface area contributed by atoms with Gasteiger partial charge in [0, 0.05) is 6.42 Å². The van der Waals surface area contributed by atoms with E-state index in [1.54, 1.807) is 0 Å². The van der Waals surface area contributed by atoms with Crippen LogP contribution in [-0.4, -0.2) is 40.5 Å². The summed E-state index contributed by atoms with van der Waals surface area (Å²) < 4.78 is 0. The number of hydrogen-bond acceptors (Lipinski definition) is 6. The van der Waals surface area contributed by atoms with Crippen molar-refractivity contribution >= 4 is 29.5 Å². The van der Waals surface area contributed by atoms with E-state index < -0.39 is 41.6 Å². The average Bonchev–Trinajstić information content (AvgIpc) is 2.79. The number of rotatable bonds is 3. The number of piperidine rings is 1. The molecule has 24 heavy (non-hydrogen) atoms. The molecule has 1 saturated heterocycles. The predicted octanol–water partition coefficient (Wildman–Crippen LogP) is -1.43. The van der Waals surface area contributed by atoms with Crippen LogP contribution < -0.4 is 16.8 Å². The van der Waals surface area contributed by atoms with E-state index in [0.29, 0.717) is 0 Å². The van der Waals surface area contributed by atoms with Gasteiger partial charge in [-0.15, -0.1) is 0 Å². The van der Waals surface area contributed by atoms with Gasteiger partial charge in [0.05, 0.1) is 11.1 Å². The predicted molar refractivity (Wildman–Crippen MR) is 79.2 cm³/mol. The average molecular weight is 330 g/mol. The molecule has 1 aromatic rings. The number of benzene rings is 1. The Kier molecular flexibility index (Phi) is 3.64. The van der Waals surface area contributed by atoms with Gasteiger partial charge in [0.1, 0.15) is 12.1 Å². The molecule has 9 heteroatoms. The highest BCUT2D eigenvalue weighted by Crippen LogP contribution is 2.31. The minimum absolute atomic E-state index is 0.0253. The molecule has 9 nitrogen and oxygen atoms in total. The summed E-state index contributed by atoms with van der Waals surface area (Å²) in [6.07, 6.45) is 0.0742. The molecule has 0 spiro atoms. The van der Waals surface area contributed by atoms with Gasteiger partial charge in [-0.05, 0) is 18.1 Å². The summed E-state index contributed by atoms with van der Waals surface area (Å²) in [5, 5.41) is 2.11. The highest BCUT2D eigenvalue weighted by Gasteiger charge is 2.46. The molecular weight excluding hydrogens is 316 g/mol. The van der Waals surface area contributed by atoms with Crippen molar-refractivity contribution in [2.45, 2.75) is 24.9 Å². The number of carbonyl (C=O) groups is 5. The molecule has 2 heterocycles. The lowest BCUT2D eigenvalue weighted by Gasteiger charge is -2.27. The zero-order valence-electron chi connectivity index (χ0n) is 12.4. The zero-order valence-corrected chi connectivity index (χ0v) is 12.4. The molecule has 2 atom stereocenters. The van der Waals surface area contributed by atoms with Crippen LogP contribution >= 0.6 is 0 Å². The van der Waals surface area contributed by atoms with E-state index in [0.717, 1.165) is 4.90 Å². The molecule has 0 aliphatic carbocycles. The highest BCUT2D eigenvalue weighted by atomic mass is 16.2. The van der Waals surface area contributed by atoms with Crippen LogP contribution in [0.5, 0.6) is 0 Å². The first-order chi connectivity index (χ1) is 11.3. The van der Waals surface area contributed by atoms with Gasteiger partial charge in [-0.25, -0.2) is 0 Å². The van der Waals surface area contributed by atoms with Crippen molar-refractivity contribution in [2.24, 2.45) is 11.5 Å². The summed E-state index contributed by atoms with van der Waals surface area (Å²) >= 11 is 0. The monoisotopic (exact) mass is 330 g/mol. The van der Waals surface area contributed by atoms with Gasteiger partial charge in [0.25, 0.3) is 11.8 Å². The number of amides is 5. The summed E-state index contributed by atoms with van der Waals surface area (Å²) in [5.41, 5.74) is 11.0. The molecule has 2 aliphatic rings. The molecular formula is C15H14N4O5. The third-order valence-electron chi connectivity index (χ3n) is 4.14. The molecule has 1 aromatic carbocycles. The molecule has 5 N–H and O–H groups in total. The maximum atomic E-state index is 12.7. The Morgan fingerprint density at radius 2 is 1.92 bits per heavy atom. The van der Waals surface area contributed by atoms with Gasteiger partial charge in [0.2, 0.25) is 17.7 Å². The molecule has 0 aromatic heterocycles. The first-order valence-electron chi connectivity index (χ1n) is 7.22. The number of nitrogens with zero attached hydrogens (tertiary/aromatic N) is 1. The van der Waals surface area contributed by atoms with Crippen LogP contribution in [0.4, 0.5) is 0 Å². The van der Waals surface area contributed by atoms with E-state index in [4.69, 9.17) is 11.5 Å². The van der Waals surface area contributed by atoms with Gasteiger partial charge in [-0.3, -0.25) is 34.2 Å². The number of imide groups is 2. The van der Waals surface area contributed by atoms with Crippen molar-refractivity contribution in [3.8, 4) is 0 Å². The minimum atomic E-state index is -1.25. The van der Waals surface area contributed by atoms with Crippen LogP contribution in [0.2, 0.25) is 0 Å². The Morgan fingerprint density at radius 1 is 1.21 bits per heavy atom. The summed E-state index contributed by atoms with van der Waals surface area (Å²) in [6, 6.07) is 2.01. The third kappa shape index (κ3) is 2.26.